The van der Waals surface area contributed by atoms with E-state index in [0.29, 0.717) is 6.54 Å². The molecule has 166 valence electrons. The second kappa shape index (κ2) is 9.07. The third kappa shape index (κ3) is 3.86. The van der Waals surface area contributed by atoms with Crippen molar-refractivity contribution in [3.63, 3.8) is 0 Å². The highest BCUT2D eigenvalue weighted by Gasteiger charge is 2.38. The summed E-state index contributed by atoms with van der Waals surface area (Å²) in [7, 11) is 1.72. The van der Waals surface area contributed by atoms with Gasteiger partial charge in [0.05, 0.1) is 30.3 Å². The zero-order chi connectivity index (χ0) is 22.7. The lowest BCUT2D eigenvalue weighted by Crippen LogP contribution is -2.43. The van der Waals surface area contributed by atoms with E-state index in [0.717, 1.165) is 58.6 Å². The molecule has 1 unspecified atom stereocenters. The summed E-state index contributed by atoms with van der Waals surface area (Å²) in [6.45, 7) is 2.94. The summed E-state index contributed by atoms with van der Waals surface area (Å²) >= 11 is 0. The molecule has 0 amide bonds. The molecule has 33 heavy (non-hydrogen) atoms. The van der Waals surface area contributed by atoms with Gasteiger partial charge in [-0.05, 0) is 18.1 Å². The van der Waals surface area contributed by atoms with Crippen LogP contribution in [0.15, 0.2) is 89.9 Å². The molecule has 0 fully saturated rings. The van der Waals surface area contributed by atoms with Crippen molar-refractivity contribution in [2.75, 3.05) is 13.7 Å². The molecule has 4 heteroatoms. The molecule has 0 saturated carbocycles. The second-order valence-corrected chi connectivity index (χ2v) is 8.59. The Kier molecular flexibility index (Phi) is 5.82. The molecule has 1 aliphatic rings. The summed E-state index contributed by atoms with van der Waals surface area (Å²) in [5.74, 6) is 1.63. The minimum Gasteiger partial charge on any atom is -0.494 e. The Hall–Kier alpha value is -3.66. The van der Waals surface area contributed by atoms with Gasteiger partial charge in [0.25, 0.3) is 0 Å². The highest BCUT2D eigenvalue weighted by atomic mass is 16.5. The molecule has 0 spiro atoms. The summed E-state index contributed by atoms with van der Waals surface area (Å²) in [6, 6.07) is 29.2. The summed E-state index contributed by atoms with van der Waals surface area (Å²) in [5.41, 5.74) is 4.84. The molecular formula is C29H29N3O. The van der Waals surface area contributed by atoms with Gasteiger partial charge >= 0.3 is 0 Å². The van der Waals surface area contributed by atoms with Crippen molar-refractivity contribution in [3.05, 3.63) is 96.1 Å². The first-order valence-corrected chi connectivity index (χ1v) is 11.7. The van der Waals surface area contributed by atoms with Crippen molar-refractivity contribution in [2.45, 2.75) is 31.7 Å². The minimum atomic E-state index is -0.213. The number of nitrogens with one attached hydrogen (secondary N) is 1. The van der Waals surface area contributed by atoms with Crippen LogP contribution in [-0.2, 0) is 5.54 Å². The molecule has 1 aliphatic heterocycles. The van der Waals surface area contributed by atoms with Crippen LogP contribution < -0.4 is 10.1 Å². The average molecular weight is 436 g/mol. The Bertz CT molecular complexity index is 1280. The molecule has 1 atom stereocenters. The van der Waals surface area contributed by atoms with Gasteiger partial charge in [0, 0.05) is 10.9 Å². The van der Waals surface area contributed by atoms with Crippen LogP contribution in [0, 0.1) is 0 Å². The van der Waals surface area contributed by atoms with Gasteiger partial charge in [-0.3, -0.25) is 4.99 Å². The largest absolute Gasteiger partial charge is 0.494 e. The molecule has 0 bridgehead atoms. The van der Waals surface area contributed by atoms with Gasteiger partial charge in [-0.25, -0.2) is 4.98 Å². The maximum atomic E-state index is 6.02. The number of hydrogen-bond donors (Lipinski definition) is 1. The number of fused-ring (bicyclic) bond motifs is 1. The predicted molar refractivity (Wildman–Crippen MR) is 136 cm³/mol. The lowest BCUT2D eigenvalue weighted by molar-refractivity contribution is 0.382. The van der Waals surface area contributed by atoms with Crippen LogP contribution in [0.4, 0.5) is 0 Å². The highest BCUT2D eigenvalue weighted by molar-refractivity contribution is 6.13. The Morgan fingerprint density at radius 2 is 1.61 bits per heavy atom. The van der Waals surface area contributed by atoms with Gasteiger partial charge in [0.2, 0.25) is 0 Å². The average Bonchev–Trinajstić information content (AvgIpc) is 3.32. The lowest BCUT2D eigenvalue weighted by Gasteiger charge is -2.31. The maximum Gasteiger partial charge on any atom is 0.156 e. The van der Waals surface area contributed by atoms with Crippen LogP contribution in [0.25, 0.3) is 22.2 Å². The monoisotopic (exact) mass is 435 g/mol. The molecule has 2 heterocycles. The molecule has 1 N–H and O–H groups in total. The molecule has 0 aliphatic carbocycles. The number of methoxy groups -OCH3 is 1. The van der Waals surface area contributed by atoms with Gasteiger partial charge in [-0.2, -0.15) is 0 Å². The quantitative estimate of drug-likeness (QED) is 0.368. The second-order valence-electron chi connectivity index (χ2n) is 8.59. The Morgan fingerprint density at radius 3 is 2.33 bits per heavy atom. The topological polar surface area (TPSA) is 46.5 Å². The lowest BCUT2D eigenvalue weighted by atomic mass is 9.85. The number of benzene rings is 3. The Labute approximate surface area is 195 Å². The van der Waals surface area contributed by atoms with Crippen LogP contribution in [0.5, 0.6) is 5.75 Å². The number of para-hydroxylation sites is 1. The maximum absolute atomic E-state index is 6.02. The third-order valence-corrected chi connectivity index (χ3v) is 6.48. The van der Waals surface area contributed by atoms with E-state index in [2.05, 4.69) is 66.8 Å². The molecule has 4 nitrogen and oxygen atoms in total. The first-order valence-electron chi connectivity index (χ1n) is 11.7. The third-order valence-electron chi connectivity index (χ3n) is 6.48. The minimum absolute atomic E-state index is 0.213. The molecule has 4 aromatic rings. The first-order chi connectivity index (χ1) is 16.3. The number of ether oxygens (including phenoxy) is 1. The number of nitrogens with zero attached hydrogens (tertiary/aromatic N) is 2. The number of aromatic nitrogens is 1. The van der Waals surface area contributed by atoms with Crippen LogP contribution in [0.3, 0.4) is 0 Å². The summed E-state index contributed by atoms with van der Waals surface area (Å²) in [5, 5.41) is 4.90. The highest BCUT2D eigenvalue weighted by Crippen LogP contribution is 2.39. The van der Waals surface area contributed by atoms with Crippen molar-refractivity contribution in [2.24, 2.45) is 4.99 Å². The standard InChI is InChI=1S/C29H29N3O/c1-3-4-19-29(22-15-9-6-10-16-22)20-30-28(32-29)25-23-17-11-12-18-24(23)31-26(27(25)33-2)21-13-7-5-8-14-21/h5-18H,3-4,19-20H2,1-2H3,(H,30,32). The fourth-order valence-electron chi connectivity index (χ4n) is 4.77. The Balaban J connectivity index is 1.67. The number of amidine groups is 1. The van der Waals surface area contributed by atoms with Crippen LogP contribution >= 0.6 is 0 Å². The van der Waals surface area contributed by atoms with Gasteiger partial charge < -0.3 is 10.1 Å². The van der Waals surface area contributed by atoms with Crippen molar-refractivity contribution >= 4 is 16.7 Å². The zero-order valence-corrected chi connectivity index (χ0v) is 19.2. The molecular weight excluding hydrogens is 406 g/mol. The molecule has 0 saturated heterocycles. The fraction of sp³-hybridized carbons (Fsp3) is 0.241. The summed E-state index contributed by atoms with van der Waals surface area (Å²) < 4.78 is 6.02. The zero-order valence-electron chi connectivity index (χ0n) is 19.2. The molecule has 0 radical (unpaired) electrons. The van der Waals surface area contributed by atoms with E-state index < -0.39 is 0 Å². The number of hydrogen-bond acceptors (Lipinski definition) is 4. The van der Waals surface area contributed by atoms with E-state index in [4.69, 9.17) is 14.7 Å². The summed E-state index contributed by atoms with van der Waals surface area (Å²) in [4.78, 5) is 10.1. The van der Waals surface area contributed by atoms with Crippen LogP contribution in [0.2, 0.25) is 0 Å². The molecule has 1 aromatic heterocycles. The first kappa shape index (κ1) is 21.2. The number of pyridine rings is 1. The number of aliphatic imine (C=N–C) groups is 1. The van der Waals surface area contributed by atoms with Gasteiger partial charge in [-0.15, -0.1) is 0 Å². The van der Waals surface area contributed by atoms with Crippen molar-refractivity contribution in [1.29, 1.82) is 0 Å². The smallest absolute Gasteiger partial charge is 0.156 e. The van der Waals surface area contributed by atoms with E-state index in [1.165, 1.54) is 5.56 Å². The number of unbranched alkanes of at least 4 members (excludes halogenated alkanes) is 1. The van der Waals surface area contributed by atoms with Gasteiger partial charge in [0.15, 0.2) is 5.75 Å². The molecule has 5 rings (SSSR count). The molecule has 3 aromatic carbocycles. The Morgan fingerprint density at radius 1 is 0.909 bits per heavy atom. The SMILES string of the molecule is CCCCC1(c2ccccc2)CN=C(c2c(OC)c(-c3ccccc3)nc3ccccc23)N1. The summed E-state index contributed by atoms with van der Waals surface area (Å²) in [6.07, 6.45) is 3.30. The van der Waals surface area contributed by atoms with Gasteiger partial charge in [-0.1, -0.05) is 98.6 Å². The van der Waals surface area contributed by atoms with Crippen molar-refractivity contribution < 1.29 is 4.74 Å². The normalized spacial score (nSPS) is 17.6. The van der Waals surface area contributed by atoms with E-state index in [1.807, 2.05) is 30.3 Å². The van der Waals surface area contributed by atoms with Crippen LogP contribution in [0.1, 0.15) is 37.3 Å². The van der Waals surface area contributed by atoms with E-state index >= 15 is 0 Å². The van der Waals surface area contributed by atoms with E-state index in [9.17, 15) is 0 Å². The van der Waals surface area contributed by atoms with Crippen LogP contribution in [-0.4, -0.2) is 24.5 Å². The van der Waals surface area contributed by atoms with E-state index in [-0.39, 0.29) is 5.54 Å². The van der Waals surface area contributed by atoms with Gasteiger partial charge in [0.1, 0.15) is 11.5 Å². The fourth-order valence-corrected chi connectivity index (χ4v) is 4.77. The number of rotatable bonds is 7. The van der Waals surface area contributed by atoms with Crippen molar-refractivity contribution in [1.82, 2.24) is 10.3 Å². The van der Waals surface area contributed by atoms with E-state index in [1.54, 1.807) is 7.11 Å². The predicted octanol–water partition coefficient (Wildman–Crippen LogP) is 6.35. The van der Waals surface area contributed by atoms with Crippen molar-refractivity contribution in [3.8, 4) is 17.0 Å².